The van der Waals surface area contributed by atoms with Gasteiger partial charge in [0, 0.05) is 5.56 Å². The van der Waals surface area contributed by atoms with Crippen molar-refractivity contribution >= 4 is 12.0 Å². The van der Waals surface area contributed by atoms with Crippen molar-refractivity contribution in [2.24, 2.45) is 0 Å². The number of ether oxygens (including phenoxy) is 2. The van der Waals surface area contributed by atoms with E-state index in [4.69, 9.17) is 9.47 Å². The lowest BCUT2D eigenvalue weighted by molar-refractivity contribution is -0.299. The minimum Gasteiger partial charge on any atom is -0.543 e. The highest BCUT2D eigenvalue weighted by Gasteiger charge is 2.23. The van der Waals surface area contributed by atoms with Gasteiger partial charge in [-0.05, 0) is 24.3 Å². The summed E-state index contributed by atoms with van der Waals surface area (Å²) in [6.45, 7) is 0. The minimum atomic E-state index is -1.45. The standard InChI is InChI=1S/C13H14N2O5/c1-19-7-3-4-11(20-2)8(5-7)9-6-10(12(16)17)15-13(18)14-9/h3-6,9H,1-2H3,(H,16,17)(H2,14,15,18)/p-1/t9-/m1/s1. The lowest BCUT2D eigenvalue weighted by Gasteiger charge is -2.25. The number of carbonyl (C=O) groups excluding carboxylic acids is 2. The van der Waals surface area contributed by atoms with Crippen LogP contribution in [0.1, 0.15) is 11.6 Å². The number of carbonyl (C=O) groups is 2. The molecule has 2 amide bonds. The molecule has 0 aliphatic carbocycles. The monoisotopic (exact) mass is 277 g/mol. The molecule has 1 heterocycles. The first kappa shape index (κ1) is 13.7. The van der Waals surface area contributed by atoms with Crippen LogP contribution < -0.4 is 25.2 Å². The van der Waals surface area contributed by atoms with Gasteiger partial charge in [-0.3, -0.25) is 0 Å². The Kier molecular flexibility index (Phi) is 3.79. The van der Waals surface area contributed by atoms with Gasteiger partial charge in [-0.2, -0.15) is 0 Å². The molecule has 0 saturated carbocycles. The van der Waals surface area contributed by atoms with Gasteiger partial charge < -0.3 is 30.0 Å². The first-order valence-corrected chi connectivity index (χ1v) is 5.77. The number of urea groups is 1. The molecule has 0 fully saturated rings. The number of hydrogen-bond acceptors (Lipinski definition) is 5. The van der Waals surface area contributed by atoms with Crippen molar-refractivity contribution in [3.05, 3.63) is 35.5 Å². The van der Waals surface area contributed by atoms with E-state index in [-0.39, 0.29) is 5.70 Å². The molecule has 0 saturated heterocycles. The number of aliphatic carboxylic acids is 1. The van der Waals surface area contributed by atoms with Gasteiger partial charge in [0.1, 0.15) is 11.5 Å². The smallest absolute Gasteiger partial charge is 0.320 e. The van der Waals surface area contributed by atoms with E-state index in [0.717, 1.165) is 0 Å². The third-order valence-electron chi connectivity index (χ3n) is 2.86. The van der Waals surface area contributed by atoms with Crippen LogP contribution in [0.2, 0.25) is 0 Å². The molecular weight excluding hydrogens is 264 g/mol. The molecule has 1 aliphatic heterocycles. The lowest BCUT2D eigenvalue weighted by Crippen LogP contribution is -2.46. The van der Waals surface area contributed by atoms with Gasteiger partial charge in [0.05, 0.1) is 31.9 Å². The predicted molar refractivity (Wildman–Crippen MR) is 67.0 cm³/mol. The summed E-state index contributed by atoms with van der Waals surface area (Å²) in [5, 5.41) is 15.6. The number of rotatable bonds is 4. The number of benzene rings is 1. The second-order valence-electron chi connectivity index (χ2n) is 4.05. The Morgan fingerprint density at radius 1 is 1.30 bits per heavy atom. The number of carboxylic acid groups (broad SMARTS) is 1. The van der Waals surface area contributed by atoms with Crippen LogP contribution in [0.4, 0.5) is 4.79 Å². The number of carboxylic acids is 1. The number of methoxy groups -OCH3 is 2. The fraction of sp³-hybridized carbons (Fsp3) is 0.231. The molecule has 7 nitrogen and oxygen atoms in total. The molecule has 0 spiro atoms. The van der Waals surface area contributed by atoms with E-state index >= 15 is 0 Å². The van der Waals surface area contributed by atoms with Crippen molar-refractivity contribution in [2.45, 2.75) is 6.04 Å². The highest BCUT2D eigenvalue weighted by Crippen LogP contribution is 2.31. The molecule has 2 N–H and O–H groups in total. The van der Waals surface area contributed by atoms with E-state index in [2.05, 4.69) is 10.6 Å². The summed E-state index contributed by atoms with van der Waals surface area (Å²) >= 11 is 0. The predicted octanol–water partition coefficient (Wildman–Crippen LogP) is -0.309. The Balaban J connectivity index is 2.46. The molecule has 2 rings (SSSR count). The average molecular weight is 277 g/mol. The zero-order valence-corrected chi connectivity index (χ0v) is 10.9. The highest BCUT2D eigenvalue weighted by atomic mass is 16.5. The van der Waals surface area contributed by atoms with Crippen LogP contribution in [0.15, 0.2) is 30.0 Å². The topological polar surface area (TPSA) is 99.7 Å². The number of amides is 2. The molecule has 1 aromatic rings. The van der Waals surface area contributed by atoms with Crippen LogP contribution in [0.25, 0.3) is 0 Å². The van der Waals surface area contributed by atoms with Gasteiger partial charge >= 0.3 is 6.03 Å². The summed E-state index contributed by atoms with van der Waals surface area (Å²) in [5.74, 6) is -0.379. The quantitative estimate of drug-likeness (QED) is 0.786. The van der Waals surface area contributed by atoms with Gasteiger partial charge in [0.15, 0.2) is 0 Å². The number of hydrogen-bond donors (Lipinski definition) is 2. The maximum Gasteiger partial charge on any atom is 0.320 e. The maximum atomic E-state index is 11.5. The van der Waals surface area contributed by atoms with Crippen molar-refractivity contribution < 1.29 is 24.2 Å². The molecule has 1 aliphatic rings. The summed E-state index contributed by atoms with van der Waals surface area (Å²) in [5.41, 5.74) is 0.295. The molecule has 1 atom stereocenters. The second-order valence-corrected chi connectivity index (χ2v) is 4.05. The van der Waals surface area contributed by atoms with Gasteiger partial charge in [0.25, 0.3) is 0 Å². The van der Waals surface area contributed by atoms with Crippen molar-refractivity contribution in [2.75, 3.05) is 14.2 Å². The summed E-state index contributed by atoms with van der Waals surface area (Å²) in [7, 11) is 2.99. The van der Waals surface area contributed by atoms with Crippen molar-refractivity contribution in [3.8, 4) is 11.5 Å². The van der Waals surface area contributed by atoms with Crippen LogP contribution in [0.5, 0.6) is 11.5 Å². The average Bonchev–Trinajstić information content (AvgIpc) is 2.45. The lowest BCUT2D eigenvalue weighted by atomic mass is 10.0. The third-order valence-corrected chi connectivity index (χ3v) is 2.86. The van der Waals surface area contributed by atoms with Crippen molar-refractivity contribution in [1.82, 2.24) is 10.6 Å². The van der Waals surface area contributed by atoms with Gasteiger partial charge in [-0.1, -0.05) is 0 Å². The molecule has 20 heavy (non-hydrogen) atoms. The Morgan fingerprint density at radius 3 is 2.65 bits per heavy atom. The van der Waals surface area contributed by atoms with Crippen LogP contribution >= 0.6 is 0 Å². The Bertz CT molecular complexity index is 582. The third kappa shape index (κ3) is 2.66. The Hall–Kier alpha value is -2.70. The summed E-state index contributed by atoms with van der Waals surface area (Å²) in [4.78, 5) is 22.4. The molecule has 0 unspecified atom stereocenters. The fourth-order valence-electron chi connectivity index (χ4n) is 1.92. The molecule has 106 valence electrons. The second kappa shape index (κ2) is 5.52. The molecule has 0 aromatic heterocycles. The normalized spacial score (nSPS) is 17.6. The number of nitrogens with one attached hydrogen (secondary N) is 2. The van der Waals surface area contributed by atoms with Gasteiger partial charge in [-0.25, -0.2) is 4.79 Å². The summed E-state index contributed by atoms with van der Waals surface area (Å²) in [6.07, 6.45) is 1.34. The van der Waals surface area contributed by atoms with E-state index in [9.17, 15) is 14.7 Å². The summed E-state index contributed by atoms with van der Waals surface area (Å²) < 4.78 is 10.3. The highest BCUT2D eigenvalue weighted by molar-refractivity contribution is 5.92. The first-order chi connectivity index (χ1) is 9.55. The SMILES string of the molecule is COc1ccc(OC)c([C@H]2C=C(C(=O)[O-])NC(=O)N2)c1. The molecule has 1 aromatic carbocycles. The zero-order valence-electron chi connectivity index (χ0n) is 10.9. The van der Waals surface area contributed by atoms with Crippen LogP contribution in [-0.2, 0) is 4.79 Å². The molecule has 7 heteroatoms. The maximum absolute atomic E-state index is 11.5. The molecule has 0 bridgehead atoms. The fourth-order valence-corrected chi connectivity index (χ4v) is 1.92. The van der Waals surface area contributed by atoms with Crippen molar-refractivity contribution in [1.29, 1.82) is 0 Å². The molecule has 0 radical (unpaired) electrons. The first-order valence-electron chi connectivity index (χ1n) is 5.77. The van der Waals surface area contributed by atoms with Crippen LogP contribution in [0.3, 0.4) is 0 Å². The van der Waals surface area contributed by atoms with E-state index in [1.165, 1.54) is 20.3 Å². The van der Waals surface area contributed by atoms with E-state index in [1.807, 2.05) is 0 Å². The van der Waals surface area contributed by atoms with E-state index < -0.39 is 18.0 Å². The van der Waals surface area contributed by atoms with E-state index in [1.54, 1.807) is 18.2 Å². The van der Waals surface area contributed by atoms with Gasteiger partial charge in [-0.15, -0.1) is 0 Å². The van der Waals surface area contributed by atoms with Crippen molar-refractivity contribution in [3.63, 3.8) is 0 Å². The van der Waals surface area contributed by atoms with Crippen LogP contribution in [-0.4, -0.2) is 26.2 Å². The largest absolute Gasteiger partial charge is 0.543 e. The Morgan fingerprint density at radius 2 is 2.05 bits per heavy atom. The van der Waals surface area contributed by atoms with Crippen LogP contribution in [0, 0.1) is 0 Å². The summed E-state index contributed by atoms with van der Waals surface area (Å²) in [6, 6.07) is 3.77. The van der Waals surface area contributed by atoms with Gasteiger partial charge in [0.2, 0.25) is 0 Å². The Labute approximate surface area is 115 Å². The minimum absolute atomic E-state index is 0.288. The van der Waals surface area contributed by atoms with E-state index in [0.29, 0.717) is 17.1 Å². The zero-order chi connectivity index (χ0) is 14.7. The molecular formula is C13H13N2O5-.